The fourth-order valence-electron chi connectivity index (χ4n) is 2.34. The second-order valence-corrected chi connectivity index (χ2v) is 6.28. The minimum atomic E-state index is -0.832. The summed E-state index contributed by atoms with van der Waals surface area (Å²) < 4.78 is 0. The molecular formula is C17H27N3O2. The number of carbonyl (C=O) groups is 2. The number of hydrogen-bond donors (Lipinski definition) is 3. The van der Waals surface area contributed by atoms with Gasteiger partial charge >= 0.3 is 6.03 Å². The van der Waals surface area contributed by atoms with E-state index in [4.69, 9.17) is 5.73 Å². The molecule has 0 radical (unpaired) electrons. The molecule has 122 valence electrons. The minimum absolute atomic E-state index is 0.0230. The van der Waals surface area contributed by atoms with Gasteiger partial charge in [-0.15, -0.1) is 0 Å². The third-order valence-electron chi connectivity index (χ3n) is 3.70. The lowest BCUT2D eigenvalue weighted by Crippen LogP contribution is -2.48. The molecule has 3 amide bonds. The Bertz CT molecular complexity index is 509. The molecule has 0 unspecified atom stereocenters. The highest BCUT2D eigenvalue weighted by atomic mass is 16.2. The van der Waals surface area contributed by atoms with Crippen molar-refractivity contribution in [1.29, 1.82) is 0 Å². The van der Waals surface area contributed by atoms with E-state index in [1.54, 1.807) is 6.92 Å². The molecule has 0 heterocycles. The number of nitrogens with two attached hydrogens (primary N) is 1. The zero-order valence-corrected chi connectivity index (χ0v) is 14.0. The maximum Gasteiger partial charge on any atom is 0.318 e. The molecule has 4 N–H and O–H groups in total. The molecule has 0 saturated carbocycles. The van der Waals surface area contributed by atoms with Crippen LogP contribution < -0.4 is 16.4 Å². The molecule has 0 spiro atoms. The number of carbonyl (C=O) groups excluding carboxylic acids is 2. The number of primary amides is 1. The minimum Gasteiger partial charge on any atom is -0.351 e. The largest absolute Gasteiger partial charge is 0.351 e. The fourth-order valence-corrected chi connectivity index (χ4v) is 2.34. The number of amides is 3. The Hall–Kier alpha value is -1.88. The van der Waals surface area contributed by atoms with Gasteiger partial charge in [0.05, 0.1) is 6.04 Å². The molecule has 0 bridgehead atoms. The third-order valence-corrected chi connectivity index (χ3v) is 3.70. The van der Waals surface area contributed by atoms with Crippen LogP contribution in [0.5, 0.6) is 0 Å². The van der Waals surface area contributed by atoms with Gasteiger partial charge in [-0.25, -0.2) is 4.79 Å². The average Bonchev–Trinajstić information content (AvgIpc) is 2.43. The number of nitrogens with one attached hydrogen (secondary N) is 2. The van der Waals surface area contributed by atoms with E-state index in [0.717, 1.165) is 5.56 Å². The Morgan fingerprint density at radius 1 is 0.955 bits per heavy atom. The Morgan fingerprint density at radius 2 is 1.45 bits per heavy atom. The van der Waals surface area contributed by atoms with Crippen LogP contribution in [-0.4, -0.2) is 18.0 Å². The van der Waals surface area contributed by atoms with E-state index >= 15 is 0 Å². The highest BCUT2D eigenvalue weighted by Crippen LogP contribution is 2.24. The van der Waals surface area contributed by atoms with Crippen LogP contribution in [0.2, 0.25) is 0 Å². The molecule has 0 fully saturated rings. The number of rotatable bonds is 6. The number of benzene rings is 1. The van der Waals surface area contributed by atoms with Gasteiger partial charge in [-0.05, 0) is 29.9 Å². The second-order valence-electron chi connectivity index (χ2n) is 6.28. The zero-order valence-electron chi connectivity index (χ0n) is 14.0. The topological polar surface area (TPSA) is 84.2 Å². The number of urea groups is 1. The van der Waals surface area contributed by atoms with Crippen LogP contribution >= 0.6 is 0 Å². The molecule has 1 aromatic rings. The van der Waals surface area contributed by atoms with Crippen LogP contribution in [0.3, 0.4) is 0 Å². The quantitative estimate of drug-likeness (QED) is 0.755. The summed E-state index contributed by atoms with van der Waals surface area (Å²) in [7, 11) is 0. The summed E-state index contributed by atoms with van der Waals surface area (Å²) in [4.78, 5) is 22.6. The predicted molar refractivity (Wildman–Crippen MR) is 88.4 cm³/mol. The van der Waals surface area contributed by atoms with E-state index in [1.807, 2.05) is 0 Å². The lowest BCUT2D eigenvalue weighted by Gasteiger charge is -2.26. The Labute approximate surface area is 132 Å². The molecule has 1 aromatic carbocycles. The van der Waals surface area contributed by atoms with Gasteiger partial charge in [0.25, 0.3) is 0 Å². The monoisotopic (exact) mass is 305 g/mol. The molecule has 0 aromatic heterocycles. The predicted octanol–water partition coefficient (Wildman–Crippen LogP) is 2.68. The lowest BCUT2D eigenvalue weighted by molar-refractivity contribution is -0.121. The number of hydrogen-bond acceptors (Lipinski definition) is 3. The van der Waals surface area contributed by atoms with Gasteiger partial charge in [-0.3, -0.25) is 15.4 Å². The van der Waals surface area contributed by atoms with Crippen molar-refractivity contribution in [2.24, 2.45) is 11.7 Å². The van der Waals surface area contributed by atoms with Crippen molar-refractivity contribution in [2.45, 2.75) is 52.6 Å². The van der Waals surface area contributed by atoms with Crippen molar-refractivity contribution in [2.75, 3.05) is 0 Å². The first-order valence-corrected chi connectivity index (χ1v) is 7.68. The van der Waals surface area contributed by atoms with E-state index in [9.17, 15) is 9.59 Å². The Balaban J connectivity index is 2.85. The van der Waals surface area contributed by atoms with Gasteiger partial charge in [0.1, 0.15) is 0 Å². The average molecular weight is 305 g/mol. The molecule has 0 aliphatic rings. The van der Waals surface area contributed by atoms with Crippen molar-refractivity contribution in [1.82, 2.24) is 10.6 Å². The van der Waals surface area contributed by atoms with Gasteiger partial charge in [-0.2, -0.15) is 0 Å². The highest BCUT2D eigenvalue weighted by molar-refractivity contribution is 5.96. The first-order valence-electron chi connectivity index (χ1n) is 7.68. The van der Waals surface area contributed by atoms with Crippen molar-refractivity contribution in [3.05, 3.63) is 35.4 Å². The molecule has 1 rings (SSSR count). The van der Waals surface area contributed by atoms with E-state index in [-0.39, 0.29) is 6.04 Å². The summed E-state index contributed by atoms with van der Waals surface area (Å²) >= 11 is 0. The standard InChI is InChI=1S/C17H27N3O2/c1-10(2)13-6-8-14(9-7-13)15(11(3)4)19-12(5)16(21)20-17(18)22/h6-12,15,19H,1-5H3,(H3,18,20,21,22)/t12-,15+/m0/s1. The smallest absolute Gasteiger partial charge is 0.318 e. The van der Waals surface area contributed by atoms with Crippen LogP contribution in [0.15, 0.2) is 24.3 Å². The molecule has 22 heavy (non-hydrogen) atoms. The van der Waals surface area contributed by atoms with Crippen molar-refractivity contribution in [3.8, 4) is 0 Å². The molecular weight excluding hydrogens is 278 g/mol. The molecule has 0 aliphatic heterocycles. The third kappa shape index (κ3) is 5.15. The van der Waals surface area contributed by atoms with Gasteiger partial charge in [0, 0.05) is 6.04 Å². The van der Waals surface area contributed by atoms with Gasteiger partial charge < -0.3 is 5.73 Å². The van der Waals surface area contributed by atoms with E-state index < -0.39 is 18.0 Å². The second kappa shape index (κ2) is 7.94. The van der Waals surface area contributed by atoms with Crippen molar-refractivity contribution in [3.63, 3.8) is 0 Å². The van der Waals surface area contributed by atoms with Crippen LogP contribution in [0.25, 0.3) is 0 Å². The van der Waals surface area contributed by atoms with Crippen molar-refractivity contribution >= 4 is 11.9 Å². The first kappa shape index (κ1) is 18.2. The van der Waals surface area contributed by atoms with Gasteiger partial charge in [0.15, 0.2) is 0 Å². The zero-order chi connectivity index (χ0) is 16.9. The van der Waals surface area contributed by atoms with E-state index in [0.29, 0.717) is 11.8 Å². The van der Waals surface area contributed by atoms with E-state index in [1.165, 1.54) is 5.56 Å². The summed E-state index contributed by atoms with van der Waals surface area (Å²) in [5.41, 5.74) is 7.39. The van der Waals surface area contributed by atoms with Crippen LogP contribution in [0.1, 0.15) is 57.7 Å². The summed E-state index contributed by atoms with van der Waals surface area (Å²) in [6.07, 6.45) is 0. The SMILES string of the molecule is CC(C)c1ccc([C@H](N[C@@H](C)C(=O)NC(N)=O)C(C)C)cc1. The maximum atomic E-state index is 11.8. The van der Waals surface area contributed by atoms with Crippen LogP contribution in [-0.2, 0) is 4.79 Å². The lowest BCUT2D eigenvalue weighted by atomic mass is 9.93. The van der Waals surface area contributed by atoms with E-state index in [2.05, 4.69) is 62.6 Å². The molecule has 0 saturated heterocycles. The van der Waals surface area contributed by atoms with Gasteiger partial charge in [0.2, 0.25) is 5.91 Å². The van der Waals surface area contributed by atoms with Crippen LogP contribution in [0.4, 0.5) is 4.79 Å². The van der Waals surface area contributed by atoms with Crippen molar-refractivity contribution < 1.29 is 9.59 Å². The Morgan fingerprint density at radius 3 is 1.86 bits per heavy atom. The maximum absolute atomic E-state index is 11.8. The summed E-state index contributed by atoms with van der Waals surface area (Å²) in [5, 5.41) is 5.37. The molecule has 2 atom stereocenters. The van der Waals surface area contributed by atoms with Gasteiger partial charge in [-0.1, -0.05) is 52.0 Å². The summed E-state index contributed by atoms with van der Waals surface area (Å²) in [6.45, 7) is 10.2. The number of imide groups is 1. The Kier molecular flexibility index (Phi) is 6.56. The summed E-state index contributed by atoms with van der Waals surface area (Å²) in [6, 6.07) is 7.09. The fraction of sp³-hybridized carbons (Fsp3) is 0.529. The normalized spacial score (nSPS) is 14.0. The first-order chi connectivity index (χ1) is 10.2. The molecule has 5 heteroatoms. The highest BCUT2D eigenvalue weighted by Gasteiger charge is 2.22. The summed E-state index contributed by atoms with van der Waals surface area (Å²) in [5.74, 6) is 0.366. The molecule has 0 aliphatic carbocycles. The molecule has 5 nitrogen and oxygen atoms in total. The van der Waals surface area contributed by atoms with Crippen LogP contribution in [0, 0.1) is 5.92 Å².